The molecule has 11 heavy (non-hydrogen) atoms. The maximum Gasteiger partial charge on any atom is 0.147 e. The average molecular weight is 216 g/mol. The van der Waals surface area contributed by atoms with Gasteiger partial charge in [-0.15, -0.1) is 24.0 Å². The largest absolute Gasteiger partial charge is 0.255 e. The minimum Gasteiger partial charge on any atom is -0.255 e. The Morgan fingerprint density at radius 2 is 2.18 bits per heavy atom. The van der Waals surface area contributed by atoms with Crippen molar-refractivity contribution >= 4 is 35.6 Å². The lowest BCUT2D eigenvalue weighted by Gasteiger charge is -1.95. The predicted molar refractivity (Wildman–Crippen MR) is 46.0 cm³/mol. The lowest BCUT2D eigenvalue weighted by Crippen LogP contribution is -1.89. The molecule has 0 aliphatic rings. The Bertz CT molecular complexity index is 241. The van der Waals surface area contributed by atoms with E-state index in [1.54, 1.807) is 0 Å². The highest BCUT2D eigenvalue weighted by atomic mass is 35.5. The van der Waals surface area contributed by atoms with E-state index in [-0.39, 0.29) is 29.0 Å². The zero-order valence-corrected chi connectivity index (χ0v) is 7.68. The molecule has 0 unspecified atom stereocenters. The molecular formula is C6H5Cl3FN. The summed E-state index contributed by atoms with van der Waals surface area (Å²) in [7, 11) is 0. The van der Waals surface area contributed by atoms with E-state index in [0.717, 1.165) is 0 Å². The van der Waals surface area contributed by atoms with Crippen molar-refractivity contribution in [2.24, 2.45) is 0 Å². The van der Waals surface area contributed by atoms with Crippen molar-refractivity contribution in [2.75, 3.05) is 0 Å². The number of aromatic nitrogens is 1. The first-order valence-electron chi connectivity index (χ1n) is 2.60. The third kappa shape index (κ3) is 2.81. The maximum absolute atomic E-state index is 12.6. The number of rotatable bonds is 1. The third-order valence-corrected chi connectivity index (χ3v) is 1.47. The molecule has 0 amide bonds. The summed E-state index contributed by atoms with van der Waals surface area (Å²) in [6, 6.07) is 1.19. The summed E-state index contributed by atoms with van der Waals surface area (Å²) >= 11 is 10.8. The van der Waals surface area contributed by atoms with E-state index in [1.807, 2.05) is 0 Å². The second-order valence-electron chi connectivity index (χ2n) is 1.72. The number of nitrogens with zero attached hydrogens (tertiary/aromatic N) is 1. The van der Waals surface area contributed by atoms with E-state index >= 15 is 0 Å². The molecule has 0 N–H and O–H groups in total. The summed E-state index contributed by atoms with van der Waals surface area (Å²) in [5.74, 6) is -0.384. The molecule has 0 fully saturated rings. The van der Waals surface area contributed by atoms with Crippen molar-refractivity contribution in [3.05, 3.63) is 28.8 Å². The SMILES string of the molecule is Cl.Fc1cc(Cl)cnc1CCl. The minimum absolute atomic E-state index is 0. The number of pyridine rings is 1. The van der Waals surface area contributed by atoms with Crippen LogP contribution < -0.4 is 0 Å². The smallest absolute Gasteiger partial charge is 0.147 e. The van der Waals surface area contributed by atoms with Gasteiger partial charge >= 0.3 is 0 Å². The fourth-order valence-corrected chi connectivity index (χ4v) is 0.882. The Balaban J connectivity index is 0.000001000. The Hall–Kier alpha value is -0.0500. The summed E-state index contributed by atoms with van der Waals surface area (Å²) in [4.78, 5) is 3.66. The Kier molecular flexibility index (Phi) is 4.73. The van der Waals surface area contributed by atoms with Crippen LogP contribution in [-0.2, 0) is 5.88 Å². The molecule has 1 aromatic rings. The third-order valence-electron chi connectivity index (χ3n) is 1.01. The van der Waals surface area contributed by atoms with Gasteiger partial charge in [0, 0.05) is 6.20 Å². The molecule has 0 atom stereocenters. The van der Waals surface area contributed by atoms with Gasteiger partial charge in [-0.3, -0.25) is 4.98 Å². The van der Waals surface area contributed by atoms with Crippen LogP contribution in [0.3, 0.4) is 0 Å². The van der Waals surface area contributed by atoms with Crippen LogP contribution in [0.5, 0.6) is 0 Å². The van der Waals surface area contributed by atoms with E-state index in [9.17, 15) is 4.39 Å². The molecule has 0 radical (unpaired) electrons. The molecule has 0 aliphatic heterocycles. The second kappa shape index (κ2) is 4.75. The van der Waals surface area contributed by atoms with Gasteiger partial charge in [0.1, 0.15) is 5.82 Å². The van der Waals surface area contributed by atoms with Crippen LogP contribution in [0.2, 0.25) is 5.02 Å². The molecule has 1 aromatic heterocycles. The van der Waals surface area contributed by atoms with E-state index in [0.29, 0.717) is 0 Å². The molecule has 0 aliphatic carbocycles. The van der Waals surface area contributed by atoms with Crippen LogP contribution in [-0.4, -0.2) is 4.98 Å². The van der Waals surface area contributed by atoms with Crippen molar-refractivity contribution in [1.82, 2.24) is 4.98 Å². The van der Waals surface area contributed by atoms with Crippen LogP contribution in [0.4, 0.5) is 4.39 Å². The molecule has 0 saturated heterocycles. The van der Waals surface area contributed by atoms with Gasteiger partial charge < -0.3 is 0 Å². The summed E-state index contributed by atoms with van der Waals surface area (Å²) in [6.45, 7) is 0. The van der Waals surface area contributed by atoms with Crippen LogP contribution >= 0.6 is 35.6 Å². The molecule has 0 bridgehead atoms. The van der Waals surface area contributed by atoms with E-state index in [2.05, 4.69) is 4.98 Å². The van der Waals surface area contributed by atoms with Gasteiger partial charge in [0.15, 0.2) is 0 Å². The molecule has 62 valence electrons. The molecule has 0 saturated carbocycles. The number of hydrogen-bond donors (Lipinski definition) is 0. The van der Waals surface area contributed by atoms with Gasteiger partial charge in [-0.2, -0.15) is 0 Å². The first-order valence-corrected chi connectivity index (χ1v) is 3.51. The highest BCUT2D eigenvalue weighted by Gasteiger charge is 2.01. The van der Waals surface area contributed by atoms with Gasteiger partial charge in [-0.25, -0.2) is 4.39 Å². The van der Waals surface area contributed by atoms with Crippen LogP contribution in [0.25, 0.3) is 0 Å². The summed E-state index contributed by atoms with van der Waals surface area (Å²) < 4.78 is 12.6. The predicted octanol–water partition coefficient (Wildman–Crippen LogP) is 3.03. The highest BCUT2D eigenvalue weighted by molar-refractivity contribution is 6.30. The van der Waals surface area contributed by atoms with Gasteiger partial charge in [0.05, 0.1) is 16.6 Å². The molecule has 5 heteroatoms. The summed E-state index contributed by atoms with van der Waals surface area (Å²) in [5, 5.41) is 0.284. The molecule has 1 rings (SSSR count). The van der Waals surface area contributed by atoms with Crippen molar-refractivity contribution in [2.45, 2.75) is 5.88 Å². The lowest BCUT2D eigenvalue weighted by molar-refractivity contribution is 0.608. The molecular weight excluding hydrogens is 211 g/mol. The Labute approximate surface area is 79.9 Å². The molecule has 0 spiro atoms. The Morgan fingerprint density at radius 1 is 1.55 bits per heavy atom. The molecule has 1 heterocycles. The van der Waals surface area contributed by atoms with Crippen LogP contribution in [0.1, 0.15) is 5.69 Å². The van der Waals surface area contributed by atoms with Crippen LogP contribution in [0.15, 0.2) is 12.3 Å². The van der Waals surface area contributed by atoms with E-state index in [4.69, 9.17) is 23.2 Å². The van der Waals surface area contributed by atoms with Crippen molar-refractivity contribution in [3.63, 3.8) is 0 Å². The van der Waals surface area contributed by atoms with Gasteiger partial charge in [-0.1, -0.05) is 11.6 Å². The number of hydrogen-bond acceptors (Lipinski definition) is 1. The number of halogens is 4. The topological polar surface area (TPSA) is 12.9 Å². The summed E-state index contributed by atoms with van der Waals surface area (Å²) in [6.07, 6.45) is 1.36. The lowest BCUT2D eigenvalue weighted by atomic mass is 10.4. The fraction of sp³-hybridized carbons (Fsp3) is 0.167. The molecule has 1 nitrogen and oxygen atoms in total. The van der Waals surface area contributed by atoms with Gasteiger partial charge in [0.25, 0.3) is 0 Å². The zero-order valence-electron chi connectivity index (χ0n) is 5.35. The zero-order chi connectivity index (χ0) is 7.56. The monoisotopic (exact) mass is 215 g/mol. The van der Waals surface area contributed by atoms with Gasteiger partial charge in [-0.05, 0) is 6.07 Å². The average Bonchev–Trinajstić information content (AvgIpc) is 1.88. The van der Waals surface area contributed by atoms with Crippen molar-refractivity contribution < 1.29 is 4.39 Å². The fourth-order valence-electron chi connectivity index (χ4n) is 0.541. The first-order chi connectivity index (χ1) is 4.74. The van der Waals surface area contributed by atoms with Crippen molar-refractivity contribution in [1.29, 1.82) is 0 Å². The van der Waals surface area contributed by atoms with Gasteiger partial charge in [0.2, 0.25) is 0 Å². The normalized spacial score (nSPS) is 9.00. The highest BCUT2D eigenvalue weighted by Crippen LogP contribution is 2.12. The Morgan fingerprint density at radius 3 is 2.64 bits per heavy atom. The maximum atomic E-state index is 12.6. The molecule has 0 aromatic carbocycles. The van der Waals surface area contributed by atoms with Crippen molar-refractivity contribution in [3.8, 4) is 0 Å². The standard InChI is InChI=1S/C6H4Cl2FN.ClH/c7-2-6-5(9)1-4(8)3-10-6;/h1,3H,2H2;1H. The quantitative estimate of drug-likeness (QED) is 0.658. The second-order valence-corrected chi connectivity index (χ2v) is 2.42. The number of alkyl halides is 1. The van der Waals surface area contributed by atoms with Crippen LogP contribution in [0, 0.1) is 5.82 Å². The summed E-state index contributed by atoms with van der Waals surface area (Å²) in [5.41, 5.74) is 0.228. The van der Waals surface area contributed by atoms with E-state index in [1.165, 1.54) is 12.3 Å². The minimum atomic E-state index is -0.456. The van der Waals surface area contributed by atoms with E-state index < -0.39 is 5.82 Å². The first kappa shape index (κ1) is 11.0.